The van der Waals surface area contributed by atoms with Gasteiger partial charge in [-0.1, -0.05) is 6.92 Å². The summed E-state index contributed by atoms with van der Waals surface area (Å²) in [5.74, 6) is 0. The lowest BCUT2D eigenvalue weighted by Gasteiger charge is -2.46. The van der Waals surface area contributed by atoms with E-state index in [1.165, 1.54) is 0 Å². The Balaban J connectivity index is 4.41. The van der Waals surface area contributed by atoms with Crippen molar-refractivity contribution in [2.45, 2.75) is 45.1 Å². The van der Waals surface area contributed by atoms with Crippen LogP contribution in [0.5, 0.6) is 0 Å². The molecule has 0 fully saturated rings. The van der Waals surface area contributed by atoms with Crippen molar-refractivity contribution in [2.24, 2.45) is 0 Å². The van der Waals surface area contributed by atoms with E-state index >= 15 is 0 Å². The van der Waals surface area contributed by atoms with Gasteiger partial charge < -0.3 is 23.5 Å². The summed E-state index contributed by atoms with van der Waals surface area (Å²) in [4.78, 5) is 0. The largest absolute Gasteiger partial charge is 0.453 e. The van der Waals surface area contributed by atoms with E-state index in [1.807, 2.05) is 20.1 Å². The highest BCUT2D eigenvalue weighted by molar-refractivity contribution is 6.65. The van der Waals surface area contributed by atoms with Gasteiger partial charge in [0.15, 0.2) is 0 Å². The second kappa shape index (κ2) is 8.34. The van der Waals surface area contributed by atoms with Gasteiger partial charge in [0.1, 0.15) is 0 Å². The topological polar surface area (TPSA) is 58.9 Å². The average Bonchev–Trinajstić information content (AvgIpc) is 2.26. The minimum absolute atomic E-state index is 0.395. The minimum atomic E-state index is -2.03. The van der Waals surface area contributed by atoms with E-state index in [0.717, 1.165) is 19.0 Å². The molecular formula is C13H31NO4Si. The Labute approximate surface area is 119 Å². The molecule has 0 saturated heterocycles. The third-order valence-electron chi connectivity index (χ3n) is 3.42. The van der Waals surface area contributed by atoms with Gasteiger partial charge in [-0.3, -0.25) is 0 Å². The van der Waals surface area contributed by atoms with E-state index in [2.05, 4.69) is 0 Å². The summed E-state index contributed by atoms with van der Waals surface area (Å²) in [5.41, 5.74) is 0. The van der Waals surface area contributed by atoms with E-state index < -0.39 is 20.8 Å². The molecule has 0 radical (unpaired) electrons. The number of likely N-dealkylation sites (N-methyl/N-ethyl adjacent to an activating group) is 1. The Bertz CT molecular complexity index is 235. The maximum absolute atomic E-state index is 9.59. The zero-order valence-electron chi connectivity index (χ0n) is 13.2. The van der Waals surface area contributed by atoms with Crippen LogP contribution in [-0.4, -0.2) is 69.8 Å². The molecular weight excluding hydrogens is 262 g/mol. The molecule has 0 spiro atoms. The zero-order chi connectivity index (χ0) is 15.1. The van der Waals surface area contributed by atoms with Gasteiger partial charge in [-0.25, -0.2) is 0 Å². The third-order valence-corrected chi connectivity index (χ3v) is 6.41. The molecule has 0 bridgehead atoms. The molecule has 0 saturated carbocycles. The minimum Gasteiger partial charge on any atom is -0.453 e. The Morgan fingerprint density at radius 2 is 1.74 bits per heavy atom. The Morgan fingerprint density at radius 1 is 1.21 bits per heavy atom. The van der Waals surface area contributed by atoms with Crippen molar-refractivity contribution < 1.29 is 23.5 Å². The van der Waals surface area contributed by atoms with Gasteiger partial charge in [-0.05, 0) is 32.0 Å². The smallest absolute Gasteiger partial charge is 0.334 e. The molecule has 6 heteroatoms. The normalized spacial score (nSPS) is 18.9. The predicted molar refractivity (Wildman–Crippen MR) is 78.6 cm³/mol. The molecule has 0 rings (SSSR count). The number of hydrogen-bond donors (Lipinski definition) is 2. The quantitative estimate of drug-likeness (QED) is 0.360. The molecule has 0 amide bonds. The van der Waals surface area contributed by atoms with Crippen LogP contribution in [0, 0.1) is 6.54 Å². The Kier molecular flexibility index (Phi) is 8.34. The summed E-state index contributed by atoms with van der Waals surface area (Å²) in [6.07, 6.45) is 0.0577. The monoisotopic (exact) mass is 293 g/mol. The highest BCUT2D eigenvalue weighted by Gasteiger charge is 2.29. The van der Waals surface area contributed by atoms with Gasteiger partial charge in [0, 0.05) is 21.3 Å². The van der Waals surface area contributed by atoms with E-state index in [4.69, 9.17) is 8.85 Å². The van der Waals surface area contributed by atoms with Crippen molar-refractivity contribution in [3.05, 3.63) is 6.54 Å². The number of quaternary nitrogens is 1. The molecule has 3 unspecified atom stereocenters. The number of aliphatic hydroxyl groups is 2. The lowest BCUT2D eigenvalue weighted by atomic mass is 10.2. The first-order valence-corrected chi connectivity index (χ1v) is 9.35. The standard InChI is InChI=1S/C13H31NO4Si/c1-12(15)10-14(3,11-13(2)16)8-7-9-19(6,17-4)18-5/h10,12-13,15-16H,7-9,11H2,1-6H3. The van der Waals surface area contributed by atoms with Crippen molar-refractivity contribution in [1.29, 1.82) is 0 Å². The first-order chi connectivity index (χ1) is 8.66. The molecule has 0 aromatic rings. The van der Waals surface area contributed by atoms with Crippen molar-refractivity contribution in [2.75, 3.05) is 34.4 Å². The SMILES string of the molecule is CO[Si](C)(CCC[N+](C)([CH-]C(C)O)CC(C)O)OC. The lowest BCUT2D eigenvalue weighted by molar-refractivity contribution is -0.886. The van der Waals surface area contributed by atoms with Crippen LogP contribution in [0.2, 0.25) is 12.6 Å². The van der Waals surface area contributed by atoms with Gasteiger partial charge in [-0.2, -0.15) is 0 Å². The second-order valence-electron chi connectivity index (χ2n) is 5.77. The highest BCUT2D eigenvalue weighted by atomic mass is 28.4. The van der Waals surface area contributed by atoms with Gasteiger partial charge in [0.05, 0.1) is 19.2 Å². The Morgan fingerprint density at radius 3 is 2.11 bits per heavy atom. The number of aliphatic hydroxyl groups excluding tert-OH is 2. The third kappa shape index (κ3) is 8.01. The second-order valence-corrected chi connectivity index (χ2v) is 9.35. The van der Waals surface area contributed by atoms with E-state index in [9.17, 15) is 10.2 Å². The maximum Gasteiger partial charge on any atom is 0.334 e. The molecule has 0 heterocycles. The van der Waals surface area contributed by atoms with Crippen molar-refractivity contribution >= 4 is 8.56 Å². The maximum atomic E-state index is 9.59. The fourth-order valence-electron chi connectivity index (χ4n) is 2.40. The van der Waals surface area contributed by atoms with Gasteiger partial charge in [-0.15, -0.1) is 6.54 Å². The molecule has 2 N–H and O–H groups in total. The fraction of sp³-hybridized carbons (Fsp3) is 0.923. The molecule has 19 heavy (non-hydrogen) atoms. The molecule has 0 aliphatic rings. The number of hydrogen-bond acceptors (Lipinski definition) is 4. The van der Waals surface area contributed by atoms with Crippen LogP contribution in [-0.2, 0) is 8.85 Å². The average molecular weight is 293 g/mol. The van der Waals surface area contributed by atoms with Crippen molar-refractivity contribution in [3.8, 4) is 0 Å². The summed E-state index contributed by atoms with van der Waals surface area (Å²) < 4.78 is 11.5. The molecule has 0 aliphatic carbocycles. The summed E-state index contributed by atoms with van der Waals surface area (Å²) >= 11 is 0. The van der Waals surface area contributed by atoms with Gasteiger partial charge in [0.2, 0.25) is 0 Å². The van der Waals surface area contributed by atoms with E-state index in [1.54, 1.807) is 28.1 Å². The van der Waals surface area contributed by atoms with E-state index in [0.29, 0.717) is 11.0 Å². The summed E-state index contributed by atoms with van der Waals surface area (Å²) in [6, 6.07) is 0.904. The van der Waals surface area contributed by atoms with Gasteiger partial charge >= 0.3 is 8.56 Å². The first kappa shape index (κ1) is 19.0. The molecule has 116 valence electrons. The summed E-state index contributed by atoms with van der Waals surface area (Å²) in [5, 5.41) is 19.2. The number of rotatable bonds is 10. The van der Waals surface area contributed by atoms with Crippen molar-refractivity contribution in [3.63, 3.8) is 0 Å². The molecule has 5 nitrogen and oxygen atoms in total. The van der Waals surface area contributed by atoms with Crippen LogP contribution in [0.15, 0.2) is 0 Å². The van der Waals surface area contributed by atoms with Crippen LogP contribution in [0.3, 0.4) is 0 Å². The van der Waals surface area contributed by atoms with Gasteiger partial charge in [0.25, 0.3) is 0 Å². The van der Waals surface area contributed by atoms with Crippen LogP contribution in [0.4, 0.5) is 0 Å². The summed E-state index contributed by atoms with van der Waals surface area (Å²) in [6.45, 7) is 8.88. The van der Waals surface area contributed by atoms with Crippen molar-refractivity contribution in [1.82, 2.24) is 0 Å². The summed E-state index contributed by atoms with van der Waals surface area (Å²) in [7, 11) is 3.39. The lowest BCUT2D eigenvalue weighted by Crippen LogP contribution is -2.49. The molecule has 0 aliphatic heterocycles. The zero-order valence-corrected chi connectivity index (χ0v) is 14.2. The van der Waals surface area contributed by atoms with Crippen LogP contribution in [0.1, 0.15) is 20.3 Å². The van der Waals surface area contributed by atoms with E-state index in [-0.39, 0.29) is 0 Å². The fourth-order valence-corrected chi connectivity index (χ4v) is 3.78. The van der Waals surface area contributed by atoms with Crippen LogP contribution < -0.4 is 0 Å². The predicted octanol–water partition coefficient (Wildman–Crippen LogP) is 1.11. The highest BCUT2D eigenvalue weighted by Crippen LogP contribution is 2.18. The van der Waals surface area contributed by atoms with Crippen LogP contribution in [0.25, 0.3) is 0 Å². The number of nitrogens with zero attached hydrogens (tertiary/aromatic N) is 1. The first-order valence-electron chi connectivity index (χ1n) is 6.83. The van der Waals surface area contributed by atoms with Crippen LogP contribution >= 0.6 is 0 Å². The molecule has 3 atom stereocenters. The molecule has 0 aromatic heterocycles. The molecule has 0 aromatic carbocycles. The Hall–Kier alpha value is 0.0169.